The summed E-state index contributed by atoms with van der Waals surface area (Å²) in [5.74, 6) is 2.49. The molecule has 0 saturated heterocycles. The van der Waals surface area contributed by atoms with Crippen molar-refractivity contribution in [2.24, 2.45) is 0 Å². The summed E-state index contributed by atoms with van der Waals surface area (Å²) in [5, 5.41) is 1.03. The average molecular weight is 731 g/mol. The molecule has 2 aliphatic rings. The monoisotopic (exact) mass is 730 g/mol. The second-order valence-electron chi connectivity index (χ2n) is 15.7. The van der Waals surface area contributed by atoms with E-state index in [2.05, 4.69) is 196 Å². The molecule has 1 spiro atoms. The Bertz CT molecular complexity index is 2970. The van der Waals surface area contributed by atoms with Crippen LogP contribution in [0.15, 0.2) is 194 Å². The Morgan fingerprint density at radius 1 is 0.368 bits per heavy atom. The third-order valence-corrected chi connectivity index (χ3v) is 12.2. The van der Waals surface area contributed by atoms with Crippen LogP contribution >= 0.6 is 0 Å². The number of rotatable bonds is 4. The first-order valence-electron chi connectivity index (χ1n) is 19.7. The summed E-state index contributed by atoms with van der Waals surface area (Å²) in [5.41, 5.74) is 15.2. The van der Waals surface area contributed by atoms with Crippen molar-refractivity contribution >= 4 is 10.9 Å². The van der Waals surface area contributed by atoms with E-state index in [9.17, 15) is 0 Å². The third kappa shape index (κ3) is 5.05. The lowest BCUT2D eigenvalue weighted by atomic mass is 9.53. The van der Waals surface area contributed by atoms with E-state index < -0.39 is 5.41 Å². The van der Waals surface area contributed by atoms with Crippen molar-refractivity contribution in [3.63, 3.8) is 0 Å². The molecule has 270 valence electrons. The number of ether oxygens (including phenoxy) is 1. The lowest BCUT2D eigenvalue weighted by Gasteiger charge is -2.50. The van der Waals surface area contributed by atoms with Gasteiger partial charge in [0.1, 0.15) is 11.5 Å². The van der Waals surface area contributed by atoms with Crippen molar-refractivity contribution in [2.45, 2.75) is 24.7 Å². The number of aromatic nitrogens is 2. The summed E-state index contributed by atoms with van der Waals surface area (Å²) in [7, 11) is 0. The summed E-state index contributed by atoms with van der Waals surface area (Å²) in [4.78, 5) is 10.4. The molecule has 57 heavy (non-hydrogen) atoms. The highest BCUT2D eigenvalue weighted by Crippen LogP contribution is 2.61. The maximum Gasteiger partial charge on any atom is 0.160 e. The summed E-state index contributed by atoms with van der Waals surface area (Å²) < 4.78 is 6.65. The van der Waals surface area contributed by atoms with Crippen LogP contribution in [-0.2, 0) is 10.8 Å². The zero-order valence-corrected chi connectivity index (χ0v) is 31.8. The van der Waals surface area contributed by atoms with Crippen molar-refractivity contribution in [1.29, 1.82) is 0 Å². The van der Waals surface area contributed by atoms with Gasteiger partial charge in [-0.2, -0.15) is 0 Å². The van der Waals surface area contributed by atoms with Crippen LogP contribution in [0.3, 0.4) is 0 Å². The van der Waals surface area contributed by atoms with E-state index in [1.165, 1.54) is 33.4 Å². The second kappa shape index (κ2) is 12.7. The van der Waals surface area contributed by atoms with Crippen molar-refractivity contribution in [1.82, 2.24) is 9.97 Å². The molecule has 1 aliphatic heterocycles. The Labute approximate surface area is 333 Å². The van der Waals surface area contributed by atoms with Gasteiger partial charge in [0.15, 0.2) is 5.82 Å². The van der Waals surface area contributed by atoms with Crippen LogP contribution in [0.1, 0.15) is 47.2 Å². The van der Waals surface area contributed by atoms with Crippen LogP contribution in [0.2, 0.25) is 0 Å². The van der Waals surface area contributed by atoms with Gasteiger partial charge in [0.2, 0.25) is 0 Å². The zero-order chi connectivity index (χ0) is 38.1. The van der Waals surface area contributed by atoms with Gasteiger partial charge < -0.3 is 4.74 Å². The Balaban J connectivity index is 1.08. The average Bonchev–Trinajstić information content (AvgIpc) is 3.28. The van der Waals surface area contributed by atoms with E-state index in [4.69, 9.17) is 14.7 Å². The SMILES string of the molecule is CC1(C)c2ccccc2C2(c3ccccc3Oc3ccccc32)c2cc(-c3cccc(-c4nc(-c5ccc(-c6ccccc6)cc5)c5ccccc5n4)c3)ccc21. The Hall–Kier alpha value is -7.10. The topological polar surface area (TPSA) is 35.0 Å². The molecular formula is C54H38N2O. The largest absolute Gasteiger partial charge is 0.457 e. The number of fused-ring (bicyclic) bond motifs is 9. The normalized spacial score (nSPS) is 14.2. The molecule has 8 aromatic carbocycles. The summed E-state index contributed by atoms with van der Waals surface area (Å²) in [6.07, 6.45) is 0. The predicted octanol–water partition coefficient (Wildman–Crippen LogP) is 13.4. The van der Waals surface area contributed by atoms with Crippen molar-refractivity contribution in [3.8, 4) is 56.4 Å². The minimum absolute atomic E-state index is 0.228. The fraction of sp³-hybridized carbons (Fsp3) is 0.0741. The van der Waals surface area contributed by atoms with Gasteiger partial charge in [0.05, 0.1) is 16.6 Å². The molecular weight excluding hydrogens is 693 g/mol. The smallest absolute Gasteiger partial charge is 0.160 e. The molecule has 3 heteroatoms. The summed E-state index contributed by atoms with van der Waals surface area (Å²) in [6.45, 7) is 4.72. The van der Waals surface area contributed by atoms with Gasteiger partial charge in [-0.05, 0) is 74.8 Å². The van der Waals surface area contributed by atoms with Crippen LogP contribution in [-0.4, -0.2) is 9.97 Å². The van der Waals surface area contributed by atoms with Gasteiger partial charge in [-0.1, -0.05) is 178 Å². The minimum atomic E-state index is -0.576. The van der Waals surface area contributed by atoms with E-state index in [0.29, 0.717) is 5.82 Å². The van der Waals surface area contributed by atoms with Gasteiger partial charge in [0.25, 0.3) is 0 Å². The lowest BCUT2D eigenvalue weighted by Crippen LogP contribution is -2.43. The van der Waals surface area contributed by atoms with Gasteiger partial charge >= 0.3 is 0 Å². The number of benzene rings is 8. The molecule has 3 nitrogen and oxygen atoms in total. The first-order valence-corrected chi connectivity index (χ1v) is 19.7. The highest BCUT2D eigenvalue weighted by molar-refractivity contribution is 5.94. The zero-order valence-electron chi connectivity index (χ0n) is 31.8. The van der Waals surface area contributed by atoms with Gasteiger partial charge in [-0.3, -0.25) is 0 Å². The molecule has 1 aliphatic carbocycles. The molecule has 11 rings (SSSR count). The van der Waals surface area contributed by atoms with Gasteiger partial charge in [-0.15, -0.1) is 0 Å². The van der Waals surface area contributed by atoms with E-state index >= 15 is 0 Å². The third-order valence-electron chi connectivity index (χ3n) is 12.2. The number of nitrogens with zero attached hydrogens (tertiary/aromatic N) is 2. The van der Waals surface area contributed by atoms with Crippen molar-refractivity contribution < 1.29 is 4.74 Å². The molecule has 0 saturated carbocycles. The number of hydrogen-bond acceptors (Lipinski definition) is 3. The fourth-order valence-electron chi connectivity index (χ4n) is 9.51. The first-order chi connectivity index (χ1) is 28.0. The Morgan fingerprint density at radius 2 is 0.895 bits per heavy atom. The molecule has 2 heterocycles. The summed E-state index contributed by atoms with van der Waals surface area (Å²) in [6, 6.07) is 69.4. The Kier molecular flexibility index (Phi) is 7.42. The molecule has 0 atom stereocenters. The Morgan fingerprint density at radius 3 is 1.65 bits per heavy atom. The van der Waals surface area contributed by atoms with E-state index in [0.717, 1.165) is 61.5 Å². The van der Waals surface area contributed by atoms with Gasteiger partial charge in [0, 0.05) is 33.1 Å². The predicted molar refractivity (Wildman–Crippen MR) is 232 cm³/mol. The number of para-hydroxylation sites is 3. The molecule has 0 bridgehead atoms. The molecule has 0 unspecified atom stereocenters. The number of hydrogen-bond donors (Lipinski definition) is 0. The van der Waals surface area contributed by atoms with E-state index in [1.54, 1.807) is 0 Å². The highest BCUT2D eigenvalue weighted by atomic mass is 16.5. The molecule has 9 aromatic rings. The van der Waals surface area contributed by atoms with Crippen LogP contribution in [0, 0.1) is 0 Å². The molecule has 0 radical (unpaired) electrons. The second-order valence-corrected chi connectivity index (χ2v) is 15.7. The minimum Gasteiger partial charge on any atom is -0.457 e. The lowest BCUT2D eigenvalue weighted by molar-refractivity contribution is 0.425. The quantitative estimate of drug-likeness (QED) is 0.181. The standard InChI is InChI=1S/C54H38N2O/c1-53(2)42-20-7-8-21-44(42)54(45-22-9-12-25-49(45)57-50-26-13-10-23-46(50)54)47-34-39(31-32-43(47)53)38-17-14-18-40(33-38)52-55-48-24-11-6-19-41(48)51(56-52)37-29-27-36(28-30-37)35-15-4-3-5-16-35/h3-34H,1-2H3. The molecule has 1 aromatic heterocycles. The molecule has 0 N–H and O–H groups in total. The van der Waals surface area contributed by atoms with Crippen LogP contribution in [0.4, 0.5) is 0 Å². The maximum atomic E-state index is 6.65. The highest BCUT2D eigenvalue weighted by Gasteiger charge is 2.52. The van der Waals surface area contributed by atoms with Crippen LogP contribution in [0.5, 0.6) is 11.5 Å². The van der Waals surface area contributed by atoms with Crippen LogP contribution < -0.4 is 4.74 Å². The van der Waals surface area contributed by atoms with E-state index in [1.807, 2.05) is 12.1 Å². The van der Waals surface area contributed by atoms with Crippen molar-refractivity contribution in [3.05, 3.63) is 228 Å². The first kappa shape index (κ1) is 33.3. The van der Waals surface area contributed by atoms with Crippen LogP contribution in [0.25, 0.3) is 55.8 Å². The fourth-order valence-corrected chi connectivity index (χ4v) is 9.51. The molecule has 0 amide bonds. The van der Waals surface area contributed by atoms with Crippen molar-refractivity contribution in [2.75, 3.05) is 0 Å². The summed E-state index contributed by atoms with van der Waals surface area (Å²) >= 11 is 0. The molecule has 0 fully saturated rings. The van der Waals surface area contributed by atoms with Gasteiger partial charge in [-0.25, -0.2) is 9.97 Å². The van der Waals surface area contributed by atoms with E-state index in [-0.39, 0.29) is 5.41 Å². The maximum absolute atomic E-state index is 6.65.